The van der Waals surface area contributed by atoms with Crippen molar-refractivity contribution in [1.29, 1.82) is 0 Å². The third-order valence-electron chi connectivity index (χ3n) is 2.49. The van der Waals surface area contributed by atoms with Gasteiger partial charge in [-0.05, 0) is 24.6 Å². The molecule has 8 heteroatoms. The number of aliphatic hydroxyl groups is 1. The number of hydrogen-bond acceptors (Lipinski definition) is 6. The lowest BCUT2D eigenvalue weighted by molar-refractivity contribution is 0.0992. The smallest absolute Gasteiger partial charge is 0.238 e. The van der Waals surface area contributed by atoms with E-state index in [2.05, 4.69) is 5.32 Å². The maximum absolute atomic E-state index is 11.4. The summed E-state index contributed by atoms with van der Waals surface area (Å²) in [5.41, 5.74) is 7.07. The first-order valence-electron chi connectivity index (χ1n) is 5.71. The molecular formula is C11H19N3O4S. The van der Waals surface area contributed by atoms with Crippen LogP contribution in [0.4, 0.5) is 11.4 Å². The third-order valence-corrected chi connectivity index (χ3v) is 3.52. The highest BCUT2D eigenvalue weighted by Crippen LogP contribution is 2.25. The van der Waals surface area contributed by atoms with Crippen LogP contribution in [0, 0.1) is 6.92 Å². The molecule has 19 heavy (non-hydrogen) atoms. The number of hydrogen-bond donors (Lipinski definition) is 4. The molecule has 0 amide bonds. The second kappa shape index (κ2) is 6.71. The molecule has 1 aromatic rings. The Labute approximate surface area is 112 Å². The summed E-state index contributed by atoms with van der Waals surface area (Å²) in [5.74, 6) is 0. The summed E-state index contributed by atoms with van der Waals surface area (Å²) < 4.78 is 27.9. The molecule has 0 aliphatic rings. The van der Waals surface area contributed by atoms with Gasteiger partial charge in [0.05, 0.1) is 24.7 Å². The van der Waals surface area contributed by atoms with E-state index in [1.807, 2.05) is 0 Å². The summed E-state index contributed by atoms with van der Waals surface area (Å²) in [5, 5.41) is 16.7. The number of primary sulfonamides is 1. The van der Waals surface area contributed by atoms with Gasteiger partial charge >= 0.3 is 0 Å². The zero-order valence-corrected chi connectivity index (χ0v) is 11.5. The molecule has 0 saturated heterocycles. The van der Waals surface area contributed by atoms with Crippen molar-refractivity contribution in [2.24, 2.45) is 5.14 Å². The van der Waals surface area contributed by atoms with Crippen molar-refractivity contribution >= 4 is 21.4 Å². The molecule has 0 atom stereocenters. The lowest BCUT2D eigenvalue weighted by atomic mass is 10.2. The Morgan fingerprint density at radius 3 is 2.63 bits per heavy atom. The number of nitrogen functional groups attached to an aromatic ring is 1. The van der Waals surface area contributed by atoms with Gasteiger partial charge in [-0.15, -0.1) is 0 Å². The molecule has 0 spiro atoms. The van der Waals surface area contributed by atoms with Crippen LogP contribution in [-0.2, 0) is 14.8 Å². The van der Waals surface area contributed by atoms with Crippen LogP contribution in [-0.4, -0.2) is 39.9 Å². The number of sulfonamides is 1. The first-order valence-corrected chi connectivity index (χ1v) is 7.26. The fourth-order valence-corrected chi connectivity index (χ4v) is 2.45. The van der Waals surface area contributed by atoms with Crippen molar-refractivity contribution in [3.63, 3.8) is 0 Å². The highest BCUT2D eigenvalue weighted by Gasteiger charge is 2.15. The second-order valence-electron chi connectivity index (χ2n) is 4.00. The van der Waals surface area contributed by atoms with E-state index in [-0.39, 0.29) is 18.1 Å². The molecule has 0 heterocycles. The van der Waals surface area contributed by atoms with Gasteiger partial charge in [-0.2, -0.15) is 0 Å². The molecule has 0 aliphatic carbocycles. The van der Waals surface area contributed by atoms with Gasteiger partial charge in [0.15, 0.2) is 0 Å². The SMILES string of the molecule is Cc1c(NCCOCCO)cc(N)cc1S(N)(=O)=O. The van der Waals surface area contributed by atoms with Crippen molar-refractivity contribution in [1.82, 2.24) is 0 Å². The van der Waals surface area contributed by atoms with Crippen molar-refractivity contribution in [2.45, 2.75) is 11.8 Å². The van der Waals surface area contributed by atoms with Crippen molar-refractivity contribution in [2.75, 3.05) is 37.4 Å². The number of benzene rings is 1. The number of nitrogens with two attached hydrogens (primary N) is 2. The molecule has 0 saturated carbocycles. The number of ether oxygens (including phenoxy) is 1. The normalized spacial score (nSPS) is 11.5. The van der Waals surface area contributed by atoms with Gasteiger partial charge in [0, 0.05) is 17.9 Å². The fraction of sp³-hybridized carbons (Fsp3) is 0.455. The maximum atomic E-state index is 11.4. The summed E-state index contributed by atoms with van der Waals surface area (Å²) in [4.78, 5) is 0.00581. The fourth-order valence-electron chi connectivity index (χ4n) is 1.61. The van der Waals surface area contributed by atoms with E-state index >= 15 is 0 Å². The van der Waals surface area contributed by atoms with Crippen molar-refractivity contribution < 1.29 is 18.3 Å². The molecule has 0 unspecified atom stereocenters. The minimum absolute atomic E-state index is 0.00581. The van der Waals surface area contributed by atoms with E-state index in [0.717, 1.165) is 0 Å². The molecule has 0 aromatic heterocycles. The number of nitrogens with one attached hydrogen (secondary N) is 1. The number of anilines is 2. The third kappa shape index (κ3) is 4.67. The topological polar surface area (TPSA) is 128 Å². The van der Waals surface area contributed by atoms with Crippen LogP contribution >= 0.6 is 0 Å². The number of rotatable bonds is 7. The molecule has 108 valence electrons. The lowest BCUT2D eigenvalue weighted by Crippen LogP contribution is -2.17. The molecule has 7 nitrogen and oxygen atoms in total. The van der Waals surface area contributed by atoms with Gasteiger partial charge in [-0.1, -0.05) is 0 Å². The first kappa shape index (κ1) is 15.7. The largest absolute Gasteiger partial charge is 0.399 e. The van der Waals surface area contributed by atoms with E-state index in [9.17, 15) is 8.42 Å². The number of aliphatic hydroxyl groups excluding tert-OH is 1. The van der Waals surface area contributed by atoms with E-state index in [0.29, 0.717) is 30.1 Å². The Bertz CT molecular complexity index is 531. The van der Waals surface area contributed by atoms with E-state index in [1.54, 1.807) is 13.0 Å². The molecule has 0 radical (unpaired) electrons. The maximum Gasteiger partial charge on any atom is 0.238 e. The summed E-state index contributed by atoms with van der Waals surface area (Å²) in [6, 6.07) is 2.97. The van der Waals surface area contributed by atoms with Gasteiger partial charge < -0.3 is 20.9 Å². The van der Waals surface area contributed by atoms with Crippen LogP contribution in [0.2, 0.25) is 0 Å². The van der Waals surface area contributed by atoms with Crippen LogP contribution in [0.25, 0.3) is 0 Å². The molecular weight excluding hydrogens is 270 g/mol. The Hall–Kier alpha value is -1.35. The zero-order valence-electron chi connectivity index (χ0n) is 10.7. The predicted octanol–water partition coefficient (Wildman–Crippen LogP) is -0.355. The Morgan fingerprint density at radius 1 is 1.37 bits per heavy atom. The highest BCUT2D eigenvalue weighted by atomic mass is 32.2. The average Bonchev–Trinajstić information content (AvgIpc) is 2.31. The summed E-state index contributed by atoms with van der Waals surface area (Å²) >= 11 is 0. The summed E-state index contributed by atoms with van der Waals surface area (Å²) in [6.45, 7) is 2.73. The predicted molar refractivity (Wildman–Crippen MR) is 73.4 cm³/mol. The highest BCUT2D eigenvalue weighted by molar-refractivity contribution is 7.89. The standard InChI is InChI=1S/C11H19N3O4S/c1-8-10(14-2-4-18-5-3-15)6-9(12)7-11(8)19(13,16)17/h6-7,14-15H,2-5,12H2,1H3,(H2,13,16,17). The van der Waals surface area contributed by atoms with E-state index in [1.165, 1.54) is 6.07 Å². The summed E-state index contributed by atoms with van der Waals surface area (Å²) in [7, 11) is -3.80. The quantitative estimate of drug-likeness (QED) is 0.401. The van der Waals surface area contributed by atoms with Crippen LogP contribution in [0.1, 0.15) is 5.56 Å². The molecule has 0 aliphatic heterocycles. The van der Waals surface area contributed by atoms with Crippen LogP contribution in [0.5, 0.6) is 0 Å². The minimum atomic E-state index is -3.80. The Morgan fingerprint density at radius 2 is 2.05 bits per heavy atom. The second-order valence-corrected chi connectivity index (χ2v) is 5.53. The van der Waals surface area contributed by atoms with Gasteiger partial charge in [0.2, 0.25) is 10.0 Å². The van der Waals surface area contributed by atoms with Crippen LogP contribution in [0.3, 0.4) is 0 Å². The zero-order chi connectivity index (χ0) is 14.5. The molecule has 0 fully saturated rings. The first-order chi connectivity index (χ1) is 8.86. The van der Waals surface area contributed by atoms with Crippen molar-refractivity contribution in [3.8, 4) is 0 Å². The van der Waals surface area contributed by atoms with Gasteiger partial charge in [-0.3, -0.25) is 0 Å². The lowest BCUT2D eigenvalue weighted by Gasteiger charge is -2.13. The van der Waals surface area contributed by atoms with Crippen LogP contribution < -0.4 is 16.2 Å². The Kier molecular flexibility index (Phi) is 5.55. The monoisotopic (exact) mass is 289 g/mol. The molecule has 1 rings (SSSR count). The molecule has 1 aromatic carbocycles. The average molecular weight is 289 g/mol. The van der Waals surface area contributed by atoms with Gasteiger partial charge in [0.25, 0.3) is 0 Å². The van der Waals surface area contributed by atoms with Crippen LogP contribution in [0.15, 0.2) is 17.0 Å². The molecule has 6 N–H and O–H groups in total. The van der Waals surface area contributed by atoms with E-state index in [4.69, 9.17) is 20.7 Å². The van der Waals surface area contributed by atoms with Gasteiger partial charge in [0.1, 0.15) is 0 Å². The minimum Gasteiger partial charge on any atom is -0.399 e. The summed E-state index contributed by atoms with van der Waals surface area (Å²) in [6.07, 6.45) is 0. The van der Waals surface area contributed by atoms with Gasteiger partial charge in [-0.25, -0.2) is 13.6 Å². The van der Waals surface area contributed by atoms with Crippen molar-refractivity contribution in [3.05, 3.63) is 17.7 Å². The Balaban J connectivity index is 2.82. The van der Waals surface area contributed by atoms with E-state index < -0.39 is 10.0 Å². The molecule has 0 bridgehead atoms.